The molecule has 0 aliphatic heterocycles. The van der Waals surface area contributed by atoms with Crippen molar-refractivity contribution in [1.82, 2.24) is 0 Å². The quantitative estimate of drug-likeness (QED) is 0.0373. The van der Waals surface area contributed by atoms with Gasteiger partial charge in [0, 0.05) is 12.8 Å². The smallest absolute Gasteiger partial charge is 0.306 e. The number of allylic oxidation sites excluding steroid dienone is 10. The van der Waals surface area contributed by atoms with Crippen LogP contribution in [0.25, 0.3) is 0 Å². The highest BCUT2D eigenvalue weighted by atomic mass is 16.6. The molecule has 1 atom stereocenters. The number of esters is 2. The average Bonchev–Trinajstić information content (AvgIpc) is 3.44. The Hall–Kier alpha value is -2.40. The molecule has 0 aliphatic carbocycles. The van der Waals surface area contributed by atoms with Crippen LogP contribution < -0.4 is 0 Å². The molecule has 5 nitrogen and oxygen atoms in total. The molecule has 78 heavy (non-hydrogen) atoms. The van der Waals surface area contributed by atoms with Crippen molar-refractivity contribution >= 4 is 11.9 Å². The van der Waals surface area contributed by atoms with Crippen molar-refractivity contribution in [2.45, 2.75) is 380 Å². The number of carbonyl (C=O) groups excluding carboxylic acids is 2. The Morgan fingerprint density at radius 1 is 0.308 bits per heavy atom. The maximum atomic E-state index is 12.4. The van der Waals surface area contributed by atoms with Gasteiger partial charge < -0.3 is 14.6 Å². The predicted octanol–water partition coefficient (Wildman–Crippen LogP) is 24.1. The van der Waals surface area contributed by atoms with Crippen molar-refractivity contribution < 1.29 is 24.2 Å². The van der Waals surface area contributed by atoms with E-state index in [9.17, 15) is 14.7 Å². The number of carbonyl (C=O) groups is 2. The zero-order valence-corrected chi connectivity index (χ0v) is 52.4. The van der Waals surface area contributed by atoms with Crippen molar-refractivity contribution in [2.75, 3.05) is 13.2 Å². The summed E-state index contributed by atoms with van der Waals surface area (Å²) in [6.45, 7) is 4.08. The molecule has 1 unspecified atom stereocenters. The van der Waals surface area contributed by atoms with Crippen LogP contribution in [0.3, 0.4) is 0 Å². The van der Waals surface area contributed by atoms with E-state index in [1.807, 2.05) is 0 Å². The Labute approximate surface area is 487 Å². The molecule has 0 aromatic rings. The van der Waals surface area contributed by atoms with E-state index in [0.29, 0.717) is 12.8 Å². The summed E-state index contributed by atoms with van der Waals surface area (Å²) in [5.74, 6) is -0.569. The standard InChI is InChI=1S/C73H134O5/c1-3-5-7-9-11-13-15-17-19-21-23-25-27-29-30-31-32-33-34-35-36-37-38-39-40-41-42-44-46-48-50-52-54-56-58-60-62-64-66-68-73(76)78-71(69-74)70-77-72(75)67-65-63-61-59-57-55-53-51-49-47-45-43-28-26-24-22-20-18-16-14-12-10-8-6-4-2/h5,7,11,13,17,19,22-25,71,74H,3-4,6,8-10,12,14-16,18,20-21,26-70H2,1-2H3/b7-5-,13-11-,19-17-,24-22-,25-23-. The number of hydrogen-bond acceptors (Lipinski definition) is 5. The van der Waals surface area contributed by atoms with E-state index in [1.54, 1.807) is 0 Å². The van der Waals surface area contributed by atoms with Crippen LogP contribution in [0.4, 0.5) is 0 Å². The molecule has 0 radical (unpaired) electrons. The highest BCUT2D eigenvalue weighted by Crippen LogP contribution is 2.19. The van der Waals surface area contributed by atoms with Crippen LogP contribution in [-0.4, -0.2) is 36.4 Å². The number of aliphatic hydroxyl groups is 1. The van der Waals surface area contributed by atoms with Crippen LogP contribution in [0.5, 0.6) is 0 Å². The van der Waals surface area contributed by atoms with E-state index in [4.69, 9.17) is 9.47 Å². The lowest BCUT2D eigenvalue weighted by Crippen LogP contribution is -2.28. The second-order valence-electron chi connectivity index (χ2n) is 23.6. The molecular weight excluding hydrogens is 957 g/mol. The van der Waals surface area contributed by atoms with E-state index in [-0.39, 0.29) is 25.2 Å². The summed E-state index contributed by atoms with van der Waals surface area (Å²) in [5.41, 5.74) is 0. The fraction of sp³-hybridized carbons (Fsp3) is 0.836. The van der Waals surface area contributed by atoms with Crippen molar-refractivity contribution in [2.24, 2.45) is 0 Å². The maximum absolute atomic E-state index is 12.4. The van der Waals surface area contributed by atoms with Gasteiger partial charge in [0.05, 0.1) is 6.61 Å². The molecule has 0 rings (SSSR count). The molecule has 0 spiro atoms. The summed E-state index contributed by atoms with van der Waals surface area (Å²) >= 11 is 0. The lowest BCUT2D eigenvalue weighted by atomic mass is 10.0. The minimum absolute atomic E-state index is 0.0608. The lowest BCUT2D eigenvalue weighted by molar-refractivity contribution is -0.161. The number of unbranched alkanes of at least 4 members (excludes halogenated alkanes) is 47. The van der Waals surface area contributed by atoms with Crippen LogP contribution >= 0.6 is 0 Å². The van der Waals surface area contributed by atoms with E-state index in [1.165, 1.54) is 283 Å². The van der Waals surface area contributed by atoms with Gasteiger partial charge in [-0.3, -0.25) is 9.59 Å². The molecule has 0 aromatic carbocycles. The summed E-state index contributed by atoms with van der Waals surface area (Å²) in [6.07, 6.45) is 94.1. The van der Waals surface area contributed by atoms with E-state index in [0.717, 1.165) is 64.2 Å². The second kappa shape index (κ2) is 68.9. The van der Waals surface area contributed by atoms with Gasteiger partial charge in [-0.1, -0.05) is 344 Å². The maximum Gasteiger partial charge on any atom is 0.306 e. The van der Waals surface area contributed by atoms with Gasteiger partial charge in [0.1, 0.15) is 6.61 Å². The molecule has 0 aliphatic rings. The molecule has 0 amide bonds. The molecule has 0 bridgehead atoms. The largest absolute Gasteiger partial charge is 0.462 e. The highest BCUT2D eigenvalue weighted by molar-refractivity contribution is 5.70. The Kier molecular flexibility index (Phi) is 66.8. The third kappa shape index (κ3) is 66.1. The van der Waals surface area contributed by atoms with Gasteiger partial charge in [0.25, 0.3) is 0 Å². The van der Waals surface area contributed by atoms with E-state index < -0.39 is 6.10 Å². The van der Waals surface area contributed by atoms with Gasteiger partial charge in [-0.2, -0.15) is 0 Å². The van der Waals surface area contributed by atoms with Crippen LogP contribution in [-0.2, 0) is 19.1 Å². The lowest BCUT2D eigenvalue weighted by Gasteiger charge is -2.15. The van der Waals surface area contributed by atoms with Crippen LogP contribution in [0, 0.1) is 0 Å². The van der Waals surface area contributed by atoms with Gasteiger partial charge in [-0.05, 0) is 77.0 Å². The predicted molar refractivity (Wildman–Crippen MR) is 344 cm³/mol. The average molecular weight is 1090 g/mol. The van der Waals surface area contributed by atoms with Gasteiger partial charge >= 0.3 is 11.9 Å². The third-order valence-corrected chi connectivity index (χ3v) is 15.8. The first-order valence-electron chi connectivity index (χ1n) is 34.8. The first kappa shape index (κ1) is 75.6. The second-order valence-corrected chi connectivity index (χ2v) is 23.6. The van der Waals surface area contributed by atoms with Crippen LogP contribution in [0.15, 0.2) is 60.8 Å². The molecule has 0 saturated heterocycles. The molecule has 0 aromatic heterocycles. The summed E-state index contributed by atoms with van der Waals surface area (Å²) in [5, 5.41) is 9.70. The Morgan fingerprint density at radius 2 is 0.551 bits per heavy atom. The van der Waals surface area contributed by atoms with Crippen molar-refractivity contribution in [3.05, 3.63) is 60.8 Å². The Bertz CT molecular complexity index is 1330. The fourth-order valence-corrected chi connectivity index (χ4v) is 10.6. The SMILES string of the molecule is CC/C=C\C/C=C\C/C=C\C/C=C\CCCCCCCCCCCCCCCCCCCCCCCCCCCCC(=O)OC(CO)COC(=O)CCCCCCCCCCCCCCC/C=C\CCCCCCCCCC. The van der Waals surface area contributed by atoms with Crippen molar-refractivity contribution in [3.63, 3.8) is 0 Å². The normalized spacial score (nSPS) is 12.5. The molecular formula is C73H134O5. The number of hydrogen-bond donors (Lipinski definition) is 1. The summed E-state index contributed by atoms with van der Waals surface area (Å²) in [6, 6.07) is 0. The van der Waals surface area contributed by atoms with Gasteiger partial charge in [-0.15, -0.1) is 0 Å². The van der Waals surface area contributed by atoms with Crippen molar-refractivity contribution in [1.29, 1.82) is 0 Å². The van der Waals surface area contributed by atoms with E-state index in [2.05, 4.69) is 74.6 Å². The molecule has 1 N–H and O–H groups in total. The summed E-state index contributed by atoms with van der Waals surface area (Å²) < 4.78 is 10.8. The van der Waals surface area contributed by atoms with Gasteiger partial charge in [0.15, 0.2) is 6.10 Å². The number of aliphatic hydroxyl groups excluding tert-OH is 1. The van der Waals surface area contributed by atoms with Crippen LogP contribution in [0.2, 0.25) is 0 Å². The van der Waals surface area contributed by atoms with Crippen molar-refractivity contribution in [3.8, 4) is 0 Å². The van der Waals surface area contributed by atoms with Crippen LogP contribution in [0.1, 0.15) is 373 Å². The Morgan fingerprint density at radius 3 is 0.846 bits per heavy atom. The van der Waals surface area contributed by atoms with Gasteiger partial charge in [-0.25, -0.2) is 0 Å². The fourth-order valence-electron chi connectivity index (χ4n) is 10.6. The minimum atomic E-state index is -0.771. The third-order valence-electron chi connectivity index (χ3n) is 15.8. The molecule has 0 fully saturated rings. The zero-order chi connectivity index (χ0) is 56.2. The highest BCUT2D eigenvalue weighted by Gasteiger charge is 2.16. The summed E-state index contributed by atoms with van der Waals surface area (Å²) in [7, 11) is 0. The zero-order valence-electron chi connectivity index (χ0n) is 52.4. The van der Waals surface area contributed by atoms with E-state index >= 15 is 0 Å². The molecule has 0 saturated carbocycles. The first-order chi connectivity index (χ1) is 38.6. The molecule has 456 valence electrons. The monoisotopic (exact) mass is 1090 g/mol. The minimum Gasteiger partial charge on any atom is -0.462 e. The number of ether oxygens (including phenoxy) is 2. The van der Waals surface area contributed by atoms with Gasteiger partial charge in [0.2, 0.25) is 0 Å². The Balaban J connectivity index is 3.38. The first-order valence-corrected chi connectivity index (χ1v) is 34.8. The molecule has 5 heteroatoms. The number of rotatable bonds is 65. The topological polar surface area (TPSA) is 72.8 Å². The molecule has 0 heterocycles. The summed E-state index contributed by atoms with van der Waals surface area (Å²) in [4.78, 5) is 24.6.